The standard InChI is InChI=1S/C2F5.CCl3.Hg/c3-1(4)2(5,6)7;2-1(3)4;. The second-order valence-electron chi connectivity index (χ2n) is 1.99. The van der Waals surface area contributed by atoms with E-state index >= 15 is 0 Å². The molecule has 9 heteroatoms. The van der Waals surface area contributed by atoms with Crippen LogP contribution >= 0.6 is 34.8 Å². The molecule has 0 N–H and O–H groups in total. The van der Waals surface area contributed by atoms with Gasteiger partial charge in [0.15, 0.2) is 0 Å². The van der Waals surface area contributed by atoms with Crippen molar-refractivity contribution in [2.75, 3.05) is 0 Å². The second-order valence-corrected chi connectivity index (χ2v) is 18.7. The van der Waals surface area contributed by atoms with Crippen LogP contribution in [-0.4, -0.2) is 10.9 Å². The van der Waals surface area contributed by atoms with Gasteiger partial charge in [0.25, 0.3) is 0 Å². The number of hydrogen-bond donors (Lipinski definition) is 0. The van der Waals surface area contributed by atoms with Crippen LogP contribution in [0.5, 0.6) is 0 Å². The summed E-state index contributed by atoms with van der Waals surface area (Å²) in [5.74, 6) is 0. The summed E-state index contributed by atoms with van der Waals surface area (Å²) >= 11 is 10.6. The summed E-state index contributed by atoms with van der Waals surface area (Å²) in [5, 5.41) is 0. The molecule has 0 aromatic rings. The topological polar surface area (TPSA) is 0 Å². The van der Waals surface area contributed by atoms with Crippen molar-refractivity contribution in [3.05, 3.63) is 0 Å². The summed E-state index contributed by atoms with van der Waals surface area (Å²) in [6, 6.07) is 0. The Hall–Kier alpha value is 1.46. The quantitative estimate of drug-likeness (QED) is 0.334. The summed E-state index contributed by atoms with van der Waals surface area (Å²) in [7, 11) is 0. The first kappa shape index (κ1) is 13.5. The molecular weight excluding hydrogens is 438 g/mol. The minimum atomic E-state index is -5.58. The first-order chi connectivity index (χ1) is 4.96. The Morgan fingerprint density at radius 3 is 1.25 bits per heavy atom. The maximum atomic E-state index is 12.1. The van der Waals surface area contributed by atoms with Crippen LogP contribution in [0.2, 0.25) is 0 Å². The Labute approximate surface area is 91.8 Å². The molecule has 12 heavy (non-hydrogen) atoms. The van der Waals surface area contributed by atoms with E-state index in [0.717, 1.165) is 0 Å². The van der Waals surface area contributed by atoms with Gasteiger partial charge in [-0.2, -0.15) is 0 Å². The molecule has 0 bridgehead atoms. The van der Waals surface area contributed by atoms with E-state index in [9.17, 15) is 22.0 Å². The van der Waals surface area contributed by atoms with Crippen molar-refractivity contribution in [3.8, 4) is 0 Å². The van der Waals surface area contributed by atoms with E-state index in [4.69, 9.17) is 34.8 Å². The zero-order valence-electron chi connectivity index (χ0n) is 5.23. The molecule has 0 unspecified atom stereocenters. The third kappa shape index (κ3) is 4.62. The Morgan fingerprint density at radius 2 is 1.17 bits per heavy atom. The van der Waals surface area contributed by atoms with Crippen molar-refractivity contribution in [2.45, 2.75) is 10.9 Å². The molecule has 0 radical (unpaired) electrons. The van der Waals surface area contributed by atoms with E-state index < -0.39 is 35.5 Å². The van der Waals surface area contributed by atoms with Crippen LogP contribution in [0.4, 0.5) is 22.0 Å². The van der Waals surface area contributed by atoms with E-state index in [1.54, 1.807) is 0 Å². The van der Waals surface area contributed by atoms with Gasteiger partial charge in [0, 0.05) is 0 Å². The average molecular weight is 438 g/mol. The fraction of sp³-hybridized carbons (Fsp3) is 1.00. The molecule has 0 fully saturated rings. The van der Waals surface area contributed by atoms with E-state index in [1.165, 1.54) is 0 Å². The Balaban J connectivity index is 4.44. The van der Waals surface area contributed by atoms with Gasteiger partial charge in [0.1, 0.15) is 0 Å². The summed E-state index contributed by atoms with van der Waals surface area (Å²) in [6.07, 6.45) is -5.58. The number of rotatable bonds is 1. The molecule has 0 spiro atoms. The van der Waals surface area contributed by atoms with Crippen LogP contribution < -0.4 is 0 Å². The average Bonchev–Trinajstić information content (AvgIpc) is 1.52. The van der Waals surface area contributed by atoms with Gasteiger partial charge < -0.3 is 0 Å². The Kier molecular flexibility index (Phi) is 4.38. The summed E-state index contributed by atoms with van der Waals surface area (Å²) in [6.45, 7) is 0. The van der Waals surface area contributed by atoms with Gasteiger partial charge in [-0.25, -0.2) is 0 Å². The molecule has 0 aliphatic rings. The van der Waals surface area contributed by atoms with E-state index in [1.807, 2.05) is 0 Å². The molecule has 0 aromatic carbocycles. The summed E-state index contributed by atoms with van der Waals surface area (Å²) in [4.78, 5) is 0. The van der Waals surface area contributed by atoms with Crippen LogP contribution in [0.1, 0.15) is 0 Å². The van der Waals surface area contributed by atoms with Gasteiger partial charge in [-0.15, -0.1) is 0 Å². The molecule has 0 saturated carbocycles. The van der Waals surface area contributed by atoms with Crippen LogP contribution in [0.3, 0.4) is 0 Å². The van der Waals surface area contributed by atoms with Gasteiger partial charge in [0.05, 0.1) is 0 Å². The SMILES string of the molecule is FC(F)(F)[C](F)(F)[Hg][C](Cl)(Cl)Cl. The van der Waals surface area contributed by atoms with E-state index in [2.05, 4.69) is 0 Å². The fourth-order valence-corrected chi connectivity index (χ4v) is 7.51. The maximum absolute atomic E-state index is 12.1. The van der Waals surface area contributed by atoms with Crippen LogP contribution in [-0.2, 0) is 24.6 Å². The van der Waals surface area contributed by atoms with Crippen molar-refractivity contribution in [1.82, 2.24) is 0 Å². The van der Waals surface area contributed by atoms with Crippen LogP contribution in [0, 0.1) is 0 Å². The second kappa shape index (κ2) is 3.91. The molecule has 0 atom stereocenters. The van der Waals surface area contributed by atoms with Crippen molar-refractivity contribution < 1.29 is 46.5 Å². The predicted molar refractivity (Wildman–Crippen MR) is 31.3 cm³/mol. The van der Waals surface area contributed by atoms with Crippen LogP contribution in [0.25, 0.3) is 0 Å². The molecule has 0 amide bonds. The number of alkyl halides is 8. The van der Waals surface area contributed by atoms with Gasteiger partial charge >= 0.3 is 92.2 Å². The van der Waals surface area contributed by atoms with Gasteiger partial charge in [-0.05, 0) is 0 Å². The predicted octanol–water partition coefficient (Wildman–Crippen LogP) is 3.55. The molecular formula is C3Cl3F5Hg. The summed E-state index contributed by atoms with van der Waals surface area (Å²) < 4.78 is 51.6. The normalized spacial score (nSPS) is 14.3. The molecule has 0 nitrogen and oxygen atoms in total. The van der Waals surface area contributed by atoms with Gasteiger partial charge in [-0.1, -0.05) is 0 Å². The van der Waals surface area contributed by atoms with Gasteiger partial charge in [-0.3, -0.25) is 0 Å². The molecule has 0 aromatic heterocycles. The summed E-state index contributed by atoms with van der Waals surface area (Å²) in [5.41, 5.74) is 0. The van der Waals surface area contributed by atoms with Crippen molar-refractivity contribution in [2.24, 2.45) is 0 Å². The van der Waals surface area contributed by atoms with E-state index in [0.29, 0.717) is 0 Å². The van der Waals surface area contributed by atoms with Crippen molar-refractivity contribution in [1.29, 1.82) is 0 Å². The molecule has 0 saturated heterocycles. The minimum absolute atomic E-state index is 2.39. The van der Waals surface area contributed by atoms with Crippen LogP contribution in [0.15, 0.2) is 0 Å². The molecule has 0 heterocycles. The first-order valence-corrected chi connectivity index (χ1v) is 9.10. The third-order valence-corrected chi connectivity index (χ3v) is 9.20. The first-order valence-electron chi connectivity index (χ1n) is 2.47. The van der Waals surface area contributed by atoms with Crippen molar-refractivity contribution in [3.63, 3.8) is 0 Å². The van der Waals surface area contributed by atoms with Crippen molar-refractivity contribution >= 4 is 34.8 Å². The fourth-order valence-electron chi connectivity index (χ4n) is 0.352. The van der Waals surface area contributed by atoms with Gasteiger partial charge in [0.2, 0.25) is 0 Å². The Morgan fingerprint density at radius 1 is 0.833 bits per heavy atom. The monoisotopic (exact) mass is 438 g/mol. The molecule has 70 valence electrons. The molecule has 0 aliphatic heterocycles. The zero-order valence-corrected chi connectivity index (χ0v) is 13.0. The van der Waals surface area contributed by atoms with E-state index in [-0.39, 0.29) is 0 Å². The number of halogens is 8. The zero-order chi connectivity index (χ0) is 10.2. The third-order valence-electron chi connectivity index (χ3n) is 0.837. The molecule has 0 aliphatic carbocycles. The number of hydrogen-bond acceptors (Lipinski definition) is 0. The Bertz CT molecular complexity index is 160. The molecule has 0 rings (SSSR count).